The van der Waals surface area contributed by atoms with Crippen molar-refractivity contribution in [1.29, 1.82) is 0 Å². The summed E-state index contributed by atoms with van der Waals surface area (Å²) >= 11 is 0. The first kappa shape index (κ1) is 17.5. The van der Waals surface area contributed by atoms with Gasteiger partial charge in [0.25, 0.3) is 0 Å². The molecule has 0 spiro atoms. The molecule has 0 heterocycles. The molecule has 0 aliphatic heterocycles. The third kappa shape index (κ3) is 4.57. The first-order valence-electron chi connectivity index (χ1n) is 9.23. The largest absolute Gasteiger partial charge is 0.207 e. The predicted octanol–water partition coefficient (Wildman–Crippen LogP) is 6.99. The zero-order valence-corrected chi connectivity index (χ0v) is 14.5. The molecule has 0 atom stereocenters. The molecule has 2 aliphatic rings. The van der Waals surface area contributed by atoms with E-state index in [-0.39, 0.29) is 5.83 Å². The van der Waals surface area contributed by atoms with Crippen molar-refractivity contribution >= 4 is 0 Å². The first-order valence-corrected chi connectivity index (χ1v) is 9.23. The summed E-state index contributed by atoms with van der Waals surface area (Å²) in [6.07, 6.45) is 13.4. The fraction of sp³-hybridized carbons (Fsp3) is 0.714. The molecule has 0 radical (unpaired) electrons. The molecule has 0 unspecified atom stereocenters. The second-order valence-corrected chi connectivity index (χ2v) is 7.66. The average molecular weight is 304 g/mol. The highest BCUT2D eigenvalue weighted by Gasteiger charge is 2.31. The molecular formula is C21H33F. The lowest BCUT2D eigenvalue weighted by Gasteiger charge is -2.38. The topological polar surface area (TPSA) is 0 Å². The van der Waals surface area contributed by atoms with Crippen molar-refractivity contribution < 1.29 is 4.39 Å². The molecule has 2 fully saturated rings. The smallest absolute Gasteiger partial charge is 0.126 e. The van der Waals surface area contributed by atoms with E-state index >= 15 is 0 Å². The summed E-state index contributed by atoms with van der Waals surface area (Å²) in [5, 5.41) is 0. The molecule has 124 valence electrons. The Hall–Kier alpha value is -0.850. The molecule has 0 aromatic heterocycles. The van der Waals surface area contributed by atoms with Gasteiger partial charge >= 0.3 is 0 Å². The third-order valence-electron chi connectivity index (χ3n) is 6.08. The molecule has 0 N–H and O–H groups in total. The van der Waals surface area contributed by atoms with E-state index in [1.807, 2.05) is 6.92 Å². The monoisotopic (exact) mass is 304 g/mol. The summed E-state index contributed by atoms with van der Waals surface area (Å²) in [7, 11) is 0. The van der Waals surface area contributed by atoms with Crippen molar-refractivity contribution in [2.45, 2.75) is 71.6 Å². The van der Waals surface area contributed by atoms with Gasteiger partial charge in [0.2, 0.25) is 0 Å². The minimum Gasteiger partial charge on any atom is -0.207 e. The summed E-state index contributed by atoms with van der Waals surface area (Å²) in [5.74, 6) is 3.00. The second-order valence-electron chi connectivity index (χ2n) is 7.66. The van der Waals surface area contributed by atoms with Gasteiger partial charge in [0.15, 0.2) is 0 Å². The van der Waals surface area contributed by atoms with Crippen molar-refractivity contribution in [3.63, 3.8) is 0 Å². The van der Waals surface area contributed by atoms with Crippen molar-refractivity contribution in [2.75, 3.05) is 0 Å². The summed E-state index contributed by atoms with van der Waals surface area (Å²) < 4.78 is 14.1. The van der Waals surface area contributed by atoms with E-state index in [1.165, 1.54) is 51.0 Å². The lowest BCUT2D eigenvalue weighted by Crippen LogP contribution is -2.26. The maximum Gasteiger partial charge on any atom is 0.126 e. The highest BCUT2D eigenvalue weighted by atomic mass is 19.1. The van der Waals surface area contributed by atoms with Crippen molar-refractivity contribution in [3.05, 3.63) is 36.2 Å². The van der Waals surface area contributed by atoms with Crippen LogP contribution in [0, 0.1) is 23.7 Å². The average Bonchev–Trinajstić information content (AvgIpc) is 2.54. The van der Waals surface area contributed by atoms with Gasteiger partial charge in [0.05, 0.1) is 0 Å². The molecule has 0 amide bonds. The predicted molar refractivity (Wildman–Crippen MR) is 94.3 cm³/mol. The Kier molecular flexibility index (Phi) is 6.47. The van der Waals surface area contributed by atoms with Crippen molar-refractivity contribution in [1.82, 2.24) is 0 Å². The molecule has 22 heavy (non-hydrogen) atoms. The Bertz CT molecular complexity index is 415. The van der Waals surface area contributed by atoms with Crippen LogP contribution in [0.1, 0.15) is 71.6 Å². The molecule has 0 aromatic rings. The van der Waals surface area contributed by atoms with Gasteiger partial charge in [-0.05, 0) is 80.8 Å². The molecule has 2 aliphatic carbocycles. The van der Waals surface area contributed by atoms with E-state index in [9.17, 15) is 4.39 Å². The quantitative estimate of drug-likeness (QED) is 0.480. The van der Waals surface area contributed by atoms with Crippen LogP contribution < -0.4 is 0 Å². The van der Waals surface area contributed by atoms with Gasteiger partial charge in [-0.1, -0.05) is 44.9 Å². The van der Waals surface area contributed by atoms with Gasteiger partial charge < -0.3 is 0 Å². The maximum absolute atomic E-state index is 14.1. The Balaban J connectivity index is 1.81. The fourth-order valence-electron chi connectivity index (χ4n) is 4.51. The maximum atomic E-state index is 14.1. The molecule has 0 bridgehead atoms. The van der Waals surface area contributed by atoms with Crippen molar-refractivity contribution in [3.8, 4) is 0 Å². The van der Waals surface area contributed by atoms with Gasteiger partial charge in [-0.2, -0.15) is 0 Å². The van der Waals surface area contributed by atoms with E-state index in [4.69, 9.17) is 0 Å². The lowest BCUT2D eigenvalue weighted by atomic mass is 9.68. The molecule has 2 rings (SSSR count). The number of hydrogen-bond acceptors (Lipinski definition) is 0. The minimum absolute atomic E-state index is 0.153. The summed E-state index contributed by atoms with van der Waals surface area (Å²) in [6.45, 7) is 11.9. The zero-order valence-electron chi connectivity index (χ0n) is 14.5. The highest BCUT2D eigenvalue weighted by Crippen LogP contribution is 2.44. The highest BCUT2D eigenvalue weighted by molar-refractivity contribution is 5.30. The van der Waals surface area contributed by atoms with E-state index in [0.29, 0.717) is 11.5 Å². The molecule has 0 nitrogen and oxygen atoms in total. The van der Waals surface area contributed by atoms with Crippen LogP contribution in [0.15, 0.2) is 36.2 Å². The lowest BCUT2D eigenvalue weighted by molar-refractivity contribution is 0.152. The number of halogens is 1. The molecule has 0 aromatic carbocycles. The molecule has 0 saturated heterocycles. The van der Waals surface area contributed by atoms with Crippen LogP contribution in [-0.2, 0) is 0 Å². The van der Waals surface area contributed by atoms with Crippen LogP contribution in [0.3, 0.4) is 0 Å². The van der Waals surface area contributed by atoms with Crippen LogP contribution >= 0.6 is 0 Å². The molecular weight excluding hydrogens is 271 g/mol. The van der Waals surface area contributed by atoms with Crippen LogP contribution in [0.25, 0.3) is 0 Å². The second kappa shape index (κ2) is 8.13. The van der Waals surface area contributed by atoms with Gasteiger partial charge in [0, 0.05) is 0 Å². The van der Waals surface area contributed by atoms with Crippen LogP contribution in [0.4, 0.5) is 4.39 Å². The Labute approximate surface area is 136 Å². The van der Waals surface area contributed by atoms with Gasteiger partial charge in [0.1, 0.15) is 5.83 Å². The fourth-order valence-corrected chi connectivity index (χ4v) is 4.51. The van der Waals surface area contributed by atoms with Crippen LogP contribution in [0.2, 0.25) is 0 Å². The molecule has 1 heteroatoms. The normalized spacial score (nSPS) is 33.5. The Morgan fingerprint density at radius 3 is 1.91 bits per heavy atom. The van der Waals surface area contributed by atoms with Gasteiger partial charge in [-0.25, -0.2) is 4.39 Å². The number of hydrogen-bond donors (Lipinski definition) is 0. The van der Waals surface area contributed by atoms with E-state index < -0.39 is 0 Å². The Morgan fingerprint density at radius 2 is 1.45 bits per heavy atom. The van der Waals surface area contributed by atoms with E-state index in [1.54, 1.807) is 0 Å². The number of allylic oxidation sites excluding steroid dienone is 4. The standard InChI is InChI=1S/C21H33F/c1-5-17-6-8-19(9-7-17)20-12-10-18(11-13-20)16(4)21(22)14-15(2)3/h14,17-20H,2,4-13H2,1,3H3/b21-14+. The summed E-state index contributed by atoms with van der Waals surface area (Å²) in [4.78, 5) is 0. The molecule has 2 saturated carbocycles. The third-order valence-corrected chi connectivity index (χ3v) is 6.08. The van der Waals surface area contributed by atoms with Crippen molar-refractivity contribution in [2.24, 2.45) is 23.7 Å². The first-order chi connectivity index (χ1) is 10.5. The van der Waals surface area contributed by atoms with Crippen LogP contribution in [0.5, 0.6) is 0 Å². The van der Waals surface area contributed by atoms with Gasteiger partial charge in [-0.15, -0.1) is 0 Å². The summed E-state index contributed by atoms with van der Waals surface area (Å²) in [5.41, 5.74) is 1.47. The Morgan fingerprint density at radius 1 is 0.955 bits per heavy atom. The number of rotatable bonds is 5. The van der Waals surface area contributed by atoms with E-state index in [2.05, 4.69) is 20.1 Å². The zero-order chi connectivity index (χ0) is 16.1. The van der Waals surface area contributed by atoms with Gasteiger partial charge in [-0.3, -0.25) is 0 Å². The summed E-state index contributed by atoms with van der Waals surface area (Å²) in [6, 6.07) is 0. The minimum atomic E-state index is -0.153. The van der Waals surface area contributed by atoms with Crippen LogP contribution in [-0.4, -0.2) is 0 Å². The SMILES string of the molecule is C=C(C)/C=C(/F)C(=C)C1CCC(C2CCC(CC)CC2)CC1. The van der Waals surface area contributed by atoms with E-state index in [0.717, 1.165) is 36.2 Å².